The molecule has 1 aliphatic heterocycles. The maximum atomic E-state index is 4.24. The molecule has 106 valence electrons. The van der Waals surface area contributed by atoms with Crippen molar-refractivity contribution in [2.24, 2.45) is 12.0 Å². The van der Waals surface area contributed by atoms with Crippen LogP contribution < -0.4 is 10.6 Å². The fourth-order valence-electron chi connectivity index (χ4n) is 2.11. The second-order valence-electron chi connectivity index (χ2n) is 4.98. The number of hydrogen-bond acceptors (Lipinski definition) is 4. The summed E-state index contributed by atoms with van der Waals surface area (Å²) < 4.78 is 2.09. The standard InChI is InChI=1S/C12H22N6S/c1-12(5-4-6-19-12)8-15-11(13-2)14-7-10-16-9-17-18(10)3/h9H,4-8H2,1-3H3,(H2,13,14,15). The molecule has 0 bridgehead atoms. The minimum Gasteiger partial charge on any atom is -0.355 e. The smallest absolute Gasteiger partial charge is 0.191 e. The first kappa shape index (κ1) is 14.2. The number of aromatic nitrogens is 3. The van der Waals surface area contributed by atoms with E-state index >= 15 is 0 Å². The quantitative estimate of drug-likeness (QED) is 0.630. The van der Waals surface area contributed by atoms with Crippen molar-refractivity contribution in [2.75, 3.05) is 19.3 Å². The van der Waals surface area contributed by atoms with E-state index in [1.165, 1.54) is 18.6 Å². The van der Waals surface area contributed by atoms with E-state index in [1.54, 1.807) is 18.1 Å². The van der Waals surface area contributed by atoms with E-state index in [-0.39, 0.29) is 0 Å². The molecule has 1 unspecified atom stereocenters. The van der Waals surface area contributed by atoms with E-state index in [2.05, 4.69) is 32.6 Å². The number of rotatable bonds is 4. The van der Waals surface area contributed by atoms with Crippen LogP contribution in [0.25, 0.3) is 0 Å². The van der Waals surface area contributed by atoms with Gasteiger partial charge in [-0.25, -0.2) is 4.98 Å². The van der Waals surface area contributed by atoms with Crippen molar-refractivity contribution in [1.29, 1.82) is 0 Å². The zero-order valence-electron chi connectivity index (χ0n) is 11.8. The third kappa shape index (κ3) is 3.86. The van der Waals surface area contributed by atoms with E-state index in [4.69, 9.17) is 0 Å². The van der Waals surface area contributed by atoms with Crippen LogP contribution in [0.3, 0.4) is 0 Å². The lowest BCUT2D eigenvalue weighted by Crippen LogP contribution is -2.43. The average molecular weight is 282 g/mol. The van der Waals surface area contributed by atoms with Crippen LogP contribution in [-0.2, 0) is 13.6 Å². The van der Waals surface area contributed by atoms with Crippen molar-refractivity contribution >= 4 is 17.7 Å². The monoisotopic (exact) mass is 282 g/mol. The summed E-state index contributed by atoms with van der Waals surface area (Å²) in [4.78, 5) is 8.41. The molecule has 19 heavy (non-hydrogen) atoms. The molecule has 0 aliphatic carbocycles. The van der Waals surface area contributed by atoms with Crippen LogP contribution in [0.4, 0.5) is 0 Å². The molecule has 0 amide bonds. The number of nitrogens with one attached hydrogen (secondary N) is 2. The molecule has 2 rings (SSSR count). The molecule has 2 N–H and O–H groups in total. The number of hydrogen-bond donors (Lipinski definition) is 2. The van der Waals surface area contributed by atoms with Crippen molar-refractivity contribution < 1.29 is 0 Å². The molecule has 0 radical (unpaired) electrons. The van der Waals surface area contributed by atoms with Crippen LogP contribution in [0, 0.1) is 0 Å². The van der Waals surface area contributed by atoms with E-state index in [1.807, 2.05) is 18.8 Å². The molecule has 1 fully saturated rings. The number of aliphatic imine (C=N–C) groups is 1. The second kappa shape index (κ2) is 6.27. The Balaban J connectivity index is 1.79. The second-order valence-corrected chi connectivity index (χ2v) is 6.66. The lowest BCUT2D eigenvalue weighted by molar-refractivity contribution is 0.582. The molecular weight excluding hydrogens is 260 g/mol. The first-order chi connectivity index (χ1) is 9.13. The highest BCUT2D eigenvalue weighted by molar-refractivity contribution is 8.00. The van der Waals surface area contributed by atoms with Crippen LogP contribution in [0.1, 0.15) is 25.6 Å². The Morgan fingerprint density at radius 2 is 2.42 bits per heavy atom. The van der Waals surface area contributed by atoms with Gasteiger partial charge in [-0.2, -0.15) is 16.9 Å². The van der Waals surface area contributed by atoms with Gasteiger partial charge in [0.05, 0.1) is 6.54 Å². The molecule has 6 nitrogen and oxygen atoms in total. The van der Waals surface area contributed by atoms with Crippen molar-refractivity contribution in [3.63, 3.8) is 0 Å². The molecule has 1 saturated heterocycles. The maximum absolute atomic E-state index is 4.24. The van der Waals surface area contributed by atoms with Crippen LogP contribution in [0.2, 0.25) is 0 Å². The zero-order valence-corrected chi connectivity index (χ0v) is 12.6. The highest BCUT2D eigenvalue weighted by atomic mass is 32.2. The first-order valence-electron chi connectivity index (χ1n) is 6.54. The summed E-state index contributed by atoms with van der Waals surface area (Å²) in [6.45, 7) is 3.88. The Kier molecular flexibility index (Phi) is 4.68. The summed E-state index contributed by atoms with van der Waals surface area (Å²) in [5.74, 6) is 2.98. The Hall–Kier alpha value is -1.24. The van der Waals surface area contributed by atoms with Gasteiger partial charge in [0.2, 0.25) is 0 Å². The number of nitrogens with zero attached hydrogens (tertiary/aromatic N) is 4. The fraction of sp³-hybridized carbons (Fsp3) is 0.750. The van der Waals surface area contributed by atoms with Crippen molar-refractivity contribution in [3.05, 3.63) is 12.2 Å². The lowest BCUT2D eigenvalue weighted by Gasteiger charge is -2.24. The Labute approximate surface area is 118 Å². The van der Waals surface area contributed by atoms with Crippen LogP contribution in [0.5, 0.6) is 0 Å². The van der Waals surface area contributed by atoms with Gasteiger partial charge in [-0.15, -0.1) is 0 Å². The summed E-state index contributed by atoms with van der Waals surface area (Å²) in [6.07, 6.45) is 4.14. The van der Waals surface area contributed by atoms with Crippen molar-refractivity contribution in [1.82, 2.24) is 25.4 Å². The van der Waals surface area contributed by atoms with E-state index in [0.717, 1.165) is 18.3 Å². The van der Waals surface area contributed by atoms with Crippen LogP contribution in [-0.4, -0.2) is 44.8 Å². The molecule has 1 aromatic heterocycles. The summed E-state index contributed by atoms with van der Waals surface area (Å²) in [5, 5.41) is 10.7. The number of guanidine groups is 1. The van der Waals surface area contributed by atoms with Gasteiger partial charge < -0.3 is 10.6 Å². The van der Waals surface area contributed by atoms with E-state index in [9.17, 15) is 0 Å². The largest absolute Gasteiger partial charge is 0.355 e. The zero-order chi connectivity index (χ0) is 13.7. The van der Waals surface area contributed by atoms with Crippen LogP contribution >= 0.6 is 11.8 Å². The highest BCUT2D eigenvalue weighted by Gasteiger charge is 2.29. The minimum absolute atomic E-state index is 0.336. The normalized spacial score (nSPS) is 23.6. The third-order valence-electron chi connectivity index (χ3n) is 3.37. The highest BCUT2D eigenvalue weighted by Crippen LogP contribution is 2.36. The average Bonchev–Trinajstić information content (AvgIpc) is 3.00. The topological polar surface area (TPSA) is 67.1 Å². The molecule has 1 atom stereocenters. The number of thioether (sulfide) groups is 1. The van der Waals surface area contributed by atoms with Gasteiger partial charge in [0, 0.05) is 25.4 Å². The van der Waals surface area contributed by atoms with Gasteiger partial charge in [0.25, 0.3) is 0 Å². The molecule has 1 aromatic rings. The van der Waals surface area contributed by atoms with Gasteiger partial charge in [-0.05, 0) is 25.5 Å². The predicted molar refractivity (Wildman–Crippen MR) is 79.3 cm³/mol. The van der Waals surface area contributed by atoms with Gasteiger partial charge in [-0.1, -0.05) is 0 Å². The minimum atomic E-state index is 0.336. The fourth-order valence-corrected chi connectivity index (χ4v) is 3.35. The van der Waals surface area contributed by atoms with Gasteiger partial charge in [0.15, 0.2) is 5.96 Å². The Morgan fingerprint density at radius 3 is 3.00 bits per heavy atom. The van der Waals surface area contributed by atoms with Gasteiger partial charge >= 0.3 is 0 Å². The SMILES string of the molecule is CN=C(NCc1ncnn1C)NCC1(C)CCCS1. The number of aryl methyl sites for hydroxylation is 1. The molecule has 7 heteroatoms. The molecular formula is C12H22N6S. The molecule has 2 heterocycles. The van der Waals surface area contributed by atoms with Crippen molar-refractivity contribution in [3.8, 4) is 0 Å². The molecule has 1 aliphatic rings. The summed E-state index contributed by atoms with van der Waals surface area (Å²) in [7, 11) is 3.67. The van der Waals surface area contributed by atoms with Crippen LogP contribution in [0.15, 0.2) is 11.3 Å². The van der Waals surface area contributed by atoms with Gasteiger partial charge in [0.1, 0.15) is 12.2 Å². The Bertz CT molecular complexity index is 435. The molecule has 0 spiro atoms. The van der Waals surface area contributed by atoms with E-state index in [0.29, 0.717) is 11.3 Å². The van der Waals surface area contributed by atoms with Crippen molar-refractivity contribution in [2.45, 2.75) is 31.1 Å². The molecule has 0 saturated carbocycles. The van der Waals surface area contributed by atoms with Gasteiger partial charge in [-0.3, -0.25) is 9.67 Å². The first-order valence-corrected chi connectivity index (χ1v) is 7.53. The summed E-state index contributed by atoms with van der Waals surface area (Å²) in [6, 6.07) is 0. The summed E-state index contributed by atoms with van der Waals surface area (Å²) >= 11 is 2.04. The maximum Gasteiger partial charge on any atom is 0.191 e. The van der Waals surface area contributed by atoms with E-state index < -0.39 is 0 Å². The Morgan fingerprint density at radius 1 is 1.58 bits per heavy atom. The summed E-state index contributed by atoms with van der Waals surface area (Å²) in [5.41, 5.74) is 0. The predicted octanol–water partition coefficient (Wildman–Crippen LogP) is 0.766. The molecule has 0 aromatic carbocycles. The third-order valence-corrected chi connectivity index (χ3v) is 4.91. The lowest BCUT2D eigenvalue weighted by atomic mass is 10.1.